The second-order valence-electron chi connectivity index (χ2n) is 3.15. The van der Waals surface area contributed by atoms with E-state index in [2.05, 4.69) is 29.8 Å². The minimum absolute atomic E-state index is 0.460. The molecule has 0 saturated heterocycles. The molecule has 0 aromatic carbocycles. The highest BCUT2D eigenvalue weighted by atomic mass is 79.9. The molecular weight excluding hydrogens is 251 g/mol. The van der Waals surface area contributed by atoms with Crippen molar-refractivity contribution in [3.63, 3.8) is 0 Å². The summed E-state index contributed by atoms with van der Waals surface area (Å²) >= 11 is 9.05. The normalized spacial score (nSPS) is 12.5. The Morgan fingerprint density at radius 3 is 2.69 bits per heavy atom. The molecule has 0 aliphatic heterocycles. The van der Waals surface area contributed by atoms with Crippen molar-refractivity contribution in [3.8, 4) is 0 Å². The zero-order valence-corrected chi connectivity index (χ0v) is 10.0. The lowest BCUT2D eigenvalue weighted by molar-refractivity contribution is 0.530. The molecule has 0 spiro atoms. The number of rotatable bonds is 3. The molecule has 0 unspecified atom stereocenters. The molecule has 13 heavy (non-hydrogen) atoms. The molecule has 0 atom stereocenters. The molecular formula is C10H12BrClO. The van der Waals surface area contributed by atoms with Gasteiger partial charge in [0.15, 0.2) is 4.67 Å². The maximum atomic E-state index is 5.80. The van der Waals surface area contributed by atoms with E-state index in [9.17, 15) is 0 Å². The molecule has 1 rings (SSSR count). The molecule has 72 valence electrons. The third-order valence-electron chi connectivity index (χ3n) is 1.82. The van der Waals surface area contributed by atoms with Crippen molar-refractivity contribution in [1.29, 1.82) is 0 Å². The first-order valence-corrected chi connectivity index (χ1v) is 5.48. The molecule has 0 radical (unpaired) electrons. The predicted molar refractivity (Wildman–Crippen MR) is 59.9 cm³/mol. The van der Waals surface area contributed by atoms with E-state index < -0.39 is 0 Å². The Bertz CT molecular complexity index is 302. The lowest BCUT2D eigenvalue weighted by Gasteiger charge is -2.05. The maximum Gasteiger partial charge on any atom is 0.169 e. The summed E-state index contributed by atoms with van der Waals surface area (Å²) in [5.74, 6) is 1.85. The lowest BCUT2D eigenvalue weighted by Crippen LogP contribution is -1.94. The average Bonchev–Trinajstić information content (AvgIpc) is 2.46. The van der Waals surface area contributed by atoms with Gasteiger partial charge in [-0.05, 0) is 45.6 Å². The van der Waals surface area contributed by atoms with Gasteiger partial charge in [0.25, 0.3) is 0 Å². The van der Waals surface area contributed by atoms with Crippen LogP contribution in [0.2, 0.25) is 0 Å². The van der Waals surface area contributed by atoms with E-state index in [0.29, 0.717) is 11.8 Å². The van der Waals surface area contributed by atoms with Gasteiger partial charge < -0.3 is 4.42 Å². The molecule has 1 heterocycles. The zero-order chi connectivity index (χ0) is 9.84. The molecule has 1 aromatic heterocycles. The van der Waals surface area contributed by atoms with Crippen LogP contribution in [0.4, 0.5) is 0 Å². The Labute approximate surface area is 91.9 Å². The van der Waals surface area contributed by atoms with Crippen LogP contribution in [0.15, 0.2) is 26.8 Å². The second-order valence-corrected chi connectivity index (χ2v) is 4.20. The Hall–Kier alpha value is -0.210. The number of alkyl halides is 1. The Morgan fingerprint density at radius 2 is 2.31 bits per heavy atom. The predicted octanol–water partition coefficient (Wildman–Crippen LogP) is 4.32. The quantitative estimate of drug-likeness (QED) is 0.740. The van der Waals surface area contributed by atoms with Gasteiger partial charge in [0, 0.05) is 5.88 Å². The summed E-state index contributed by atoms with van der Waals surface area (Å²) < 4.78 is 6.09. The average molecular weight is 264 g/mol. The minimum atomic E-state index is 0.460. The van der Waals surface area contributed by atoms with Crippen molar-refractivity contribution >= 4 is 33.6 Å². The minimum Gasteiger partial charge on any atom is -0.450 e. The van der Waals surface area contributed by atoms with E-state index in [1.165, 1.54) is 5.57 Å². The Balaban J connectivity index is 2.84. The number of hydrogen-bond acceptors (Lipinski definition) is 1. The third kappa shape index (κ3) is 3.20. The second kappa shape index (κ2) is 4.87. The van der Waals surface area contributed by atoms with Gasteiger partial charge in [0.1, 0.15) is 5.76 Å². The van der Waals surface area contributed by atoms with Gasteiger partial charge in [-0.2, -0.15) is 0 Å². The number of hydrogen-bond donors (Lipinski definition) is 0. The molecule has 0 aliphatic rings. The standard InChI is InChI=1S/C10H12BrClO/c1-7(2)8(6-12)5-9-3-4-10(11)13-9/h3-5,7H,6H2,1-2H3/b8-5+. The Kier molecular flexibility index (Phi) is 4.07. The molecule has 3 heteroatoms. The van der Waals surface area contributed by atoms with Gasteiger partial charge in [-0.3, -0.25) is 0 Å². The summed E-state index contributed by atoms with van der Waals surface area (Å²) in [6.45, 7) is 4.23. The lowest BCUT2D eigenvalue weighted by atomic mass is 10.0. The van der Waals surface area contributed by atoms with Crippen LogP contribution in [0.1, 0.15) is 19.6 Å². The Morgan fingerprint density at radius 1 is 1.62 bits per heavy atom. The number of allylic oxidation sites excluding steroid dienone is 1. The maximum absolute atomic E-state index is 5.80. The molecule has 0 fully saturated rings. The summed E-state index contributed by atoms with van der Waals surface area (Å²) in [5, 5.41) is 0. The molecule has 0 aliphatic carbocycles. The van der Waals surface area contributed by atoms with E-state index in [1.807, 2.05) is 18.2 Å². The molecule has 0 saturated carbocycles. The van der Waals surface area contributed by atoms with Crippen LogP contribution >= 0.6 is 27.5 Å². The highest BCUT2D eigenvalue weighted by Crippen LogP contribution is 2.20. The van der Waals surface area contributed by atoms with Gasteiger partial charge in [-0.15, -0.1) is 11.6 Å². The fourth-order valence-electron chi connectivity index (χ4n) is 0.948. The van der Waals surface area contributed by atoms with Crippen molar-refractivity contribution in [2.45, 2.75) is 13.8 Å². The summed E-state index contributed by atoms with van der Waals surface area (Å²) in [4.78, 5) is 0. The summed E-state index contributed by atoms with van der Waals surface area (Å²) in [6.07, 6.45) is 1.99. The SMILES string of the molecule is CC(C)/C(=C/c1ccc(Br)o1)CCl. The van der Waals surface area contributed by atoms with Crippen LogP contribution < -0.4 is 0 Å². The highest BCUT2D eigenvalue weighted by molar-refractivity contribution is 9.10. The van der Waals surface area contributed by atoms with E-state index in [-0.39, 0.29) is 0 Å². The van der Waals surface area contributed by atoms with Crippen molar-refractivity contribution in [2.75, 3.05) is 5.88 Å². The van der Waals surface area contributed by atoms with Crippen LogP contribution in [-0.2, 0) is 0 Å². The van der Waals surface area contributed by atoms with E-state index in [4.69, 9.17) is 16.0 Å². The smallest absolute Gasteiger partial charge is 0.169 e. The first-order chi connectivity index (χ1) is 6.13. The number of halogens is 2. The molecule has 1 nitrogen and oxygen atoms in total. The van der Waals surface area contributed by atoms with Gasteiger partial charge in [-0.1, -0.05) is 13.8 Å². The van der Waals surface area contributed by atoms with Crippen molar-refractivity contribution < 1.29 is 4.42 Å². The van der Waals surface area contributed by atoms with Crippen LogP contribution in [0, 0.1) is 5.92 Å². The molecule has 0 N–H and O–H groups in total. The largest absolute Gasteiger partial charge is 0.450 e. The molecule has 1 aromatic rings. The van der Waals surface area contributed by atoms with Gasteiger partial charge in [0.05, 0.1) is 0 Å². The third-order valence-corrected chi connectivity index (χ3v) is 2.55. The highest BCUT2D eigenvalue weighted by Gasteiger charge is 2.03. The van der Waals surface area contributed by atoms with Gasteiger partial charge in [0.2, 0.25) is 0 Å². The zero-order valence-electron chi connectivity index (χ0n) is 7.68. The summed E-state index contributed by atoms with van der Waals surface area (Å²) in [7, 11) is 0. The first kappa shape index (κ1) is 10.9. The summed E-state index contributed by atoms with van der Waals surface area (Å²) in [5.41, 5.74) is 1.18. The molecule has 0 amide bonds. The van der Waals surface area contributed by atoms with E-state index in [1.54, 1.807) is 0 Å². The topological polar surface area (TPSA) is 13.1 Å². The van der Waals surface area contributed by atoms with Gasteiger partial charge in [-0.25, -0.2) is 0 Å². The molecule has 0 bridgehead atoms. The fourth-order valence-corrected chi connectivity index (χ4v) is 1.65. The van der Waals surface area contributed by atoms with Crippen LogP contribution in [0.3, 0.4) is 0 Å². The van der Waals surface area contributed by atoms with Gasteiger partial charge >= 0.3 is 0 Å². The van der Waals surface area contributed by atoms with Crippen molar-refractivity contribution in [3.05, 3.63) is 28.1 Å². The van der Waals surface area contributed by atoms with Crippen LogP contribution in [0.25, 0.3) is 6.08 Å². The fraction of sp³-hybridized carbons (Fsp3) is 0.400. The monoisotopic (exact) mass is 262 g/mol. The van der Waals surface area contributed by atoms with Crippen molar-refractivity contribution in [1.82, 2.24) is 0 Å². The van der Waals surface area contributed by atoms with Crippen LogP contribution in [0.5, 0.6) is 0 Å². The summed E-state index contributed by atoms with van der Waals surface area (Å²) in [6, 6.07) is 3.79. The van der Waals surface area contributed by atoms with E-state index in [0.717, 1.165) is 10.4 Å². The first-order valence-electron chi connectivity index (χ1n) is 4.15. The van der Waals surface area contributed by atoms with Crippen molar-refractivity contribution in [2.24, 2.45) is 5.92 Å². The van der Waals surface area contributed by atoms with Crippen LogP contribution in [-0.4, -0.2) is 5.88 Å². The van der Waals surface area contributed by atoms with E-state index >= 15 is 0 Å². The number of furan rings is 1.